The number of halogens is 1. The summed E-state index contributed by atoms with van der Waals surface area (Å²) >= 11 is 8.39. The van der Waals surface area contributed by atoms with Crippen molar-refractivity contribution in [3.05, 3.63) is 38.4 Å². The van der Waals surface area contributed by atoms with Crippen LogP contribution in [0.3, 0.4) is 0 Å². The largest absolute Gasteiger partial charge is 0.316 e. The molecule has 0 spiro atoms. The molecule has 0 saturated heterocycles. The van der Waals surface area contributed by atoms with Crippen LogP contribution in [-0.4, -0.2) is 15.5 Å². The van der Waals surface area contributed by atoms with Crippen LogP contribution in [-0.2, 0) is 23.1 Å². The Hall–Kier alpha value is -0.440. The van der Waals surface area contributed by atoms with Gasteiger partial charge in [0.15, 0.2) is 0 Å². The second kappa shape index (κ2) is 6.34. The Morgan fingerprint density at radius 2 is 2.11 bits per heavy atom. The minimum Gasteiger partial charge on any atom is -0.316 e. The molecule has 0 aliphatic heterocycles. The monoisotopic (exact) mass is 336 g/mol. The van der Waals surface area contributed by atoms with Crippen molar-refractivity contribution >= 4 is 44.3 Å². The predicted molar refractivity (Wildman–Crippen MR) is 80.4 cm³/mol. The van der Waals surface area contributed by atoms with Crippen molar-refractivity contribution in [3.8, 4) is 0 Å². The van der Waals surface area contributed by atoms with Crippen LogP contribution < -0.4 is 10.0 Å². The van der Waals surface area contributed by atoms with Crippen LogP contribution >= 0.6 is 34.3 Å². The van der Waals surface area contributed by atoms with E-state index in [2.05, 4.69) is 10.0 Å². The molecule has 0 aromatic carbocycles. The predicted octanol–water partition coefficient (Wildman–Crippen LogP) is 2.66. The minimum absolute atomic E-state index is 0.263. The number of thiophene rings is 2. The summed E-state index contributed by atoms with van der Waals surface area (Å²) in [4.78, 5) is 0.889. The molecule has 2 heterocycles. The third kappa shape index (κ3) is 4.01. The fraction of sp³-hybridized carbons (Fsp3) is 0.273. The van der Waals surface area contributed by atoms with Gasteiger partial charge in [-0.25, -0.2) is 13.1 Å². The van der Waals surface area contributed by atoms with Gasteiger partial charge in [0.05, 0.1) is 4.34 Å². The molecule has 0 aliphatic rings. The van der Waals surface area contributed by atoms with E-state index in [0.29, 0.717) is 15.1 Å². The van der Waals surface area contributed by atoms with Crippen molar-refractivity contribution in [2.45, 2.75) is 17.3 Å². The smallest absolute Gasteiger partial charge is 0.250 e. The standard InChI is InChI=1S/C11H13ClN2O2S3/c1-13-5-8-4-11(17-7-8)19(15,16)14-6-9-2-3-10(12)18-9/h2-4,7,13-14H,5-6H2,1H3. The quantitative estimate of drug-likeness (QED) is 0.852. The SMILES string of the molecule is CNCc1csc(S(=O)(=O)NCc2ccc(Cl)s2)c1. The number of hydrogen-bond acceptors (Lipinski definition) is 5. The van der Waals surface area contributed by atoms with Crippen molar-refractivity contribution in [1.82, 2.24) is 10.0 Å². The average molecular weight is 337 g/mol. The van der Waals surface area contributed by atoms with Gasteiger partial charge in [0.2, 0.25) is 10.0 Å². The van der Waals surface area contributed by atoms with Crippen molar-refractivity contribution in [2.24, 2.45) is 0 Å². The lowest BCUT2D eigenvalue weighted by atomic mass is 10.3. The highest BCUT2D eigenvalue weighted by Crippen LogP contribution is 2.23. The maximum atomic E-state index is 12.1. The van der Waals surface area contributed by atoms with Gasteiger partial charge in [0, 0.05) is 18.0 Å². The van der Waals surface area contributed by atoms with Gasteiger partial charge in [-0.05, 0) is 36.2 Å². The molecule has 2 aromatic heterocycles. The Kier molecular flexibility index (Phi) is 4.99. The molecule has 0 bridgehead atoms. The summed E-state index contributed by atoms with van der Waals surface area (Å²) in [5, 5.41) is 4.83. The van der Waals surface area contributed by atoms with Crippen LogP contribution in [0.15, 0.2) is 27.8 Å². The molecule has 0 fully saturated rings. The van der Waals surface area contributed by atoms with Crippen molar-refractivity contribution in [3.63, 3.8) is 0 Å². The van der Waals surface area contributed by atoms with Crippen LogP contribution in [0.25, 0.3) is 0 Å². The first kappa shape index (κ1) is 15.0. The van der Waals surface area contributed by atoms with E-state index < -0.39 is 10.0 Å². The average Bonchev–Trinajstić information content (AvgIpc) is 2.97. The Bertz CT molecular complexity index is 648. The van der Waals surface area contributed by atoms with Gasteiger partial charge in [-0.3, -0.25) is 0 Å². The highest BCUT2D eigenvalue weighted by Gasteiger charge is 2.16. The zero-order chi connectivity index (χ0) is 13.9. The molecule has 0 unspecified atom stereocenters. The molecule has 2 rings (SSSR count). The van der Waals surface area contributed by atoms with Crippen LogP contribution in [0.2, 0.25) is 4.34 Å². The maximum Gasteiger partial charge on any atom is 0.250 e. The van der Waals surface area contributed by atoms with Crippen LogP contribution in [0.4, 0.5) is 0 Å². The molecule has 4 nitrogen and oxygen atoms in total. The lowest BCUT2D eigenvalue weighted by Gasteiger charge is -2.02. The van der Waals surface area contributed by atoms with Crippen molar-refractivity contribution in [1.29, 1.82) is 0 Å². The van der Waals surface area contributed by atoms with Crippen molar-refractivity contribution < 1.29 is 8.42 Å². The molecule has 0 radical (unpaired) electrons. The number of rotatable bonds is 6. The van der Waals surface area contributed by atoms with Crippen LogP contribution in [0.5, 0.6) is 0 Å². The summed E-state index contributed by atoms with van der Waals surface area (Å²) in [7, 11) is -1.62. The summed E-state index contributed by atoms with van der Waals surface area (Å²) in [5.41, 5.74) is 0.965. The fourth-order valence-corrected chi connectivity index (χ4v) is 4.85. The molecule has 0 aliphatic carbocycles. The van der Waals surface area contributed by atoms with E-state index in [1.807, 2.05) is 18.5 Å². The van der Waals surface area contributed by atoms with E-state index in [-0.39, 0.29) is 6.54 Å². The molecule has 2 aromatic rings. The first-order valence-electron chi connectivity index (χ1n) is 5.47. The fourth-order valence-electron chi connectivity index (χ4n) is 1.47. The first-order chi connectivity index (χ1) is 9.01. The second-order valence-electron chi connectivity index (χ2n) is 3.83. The molecule has 19 heavy (non-hydrogen) atoms. The van der Waals surface area contributed by atoms with Gasteiger partial charge in [0.1, 0.15) is 4.21 Å². The Balaban J connectivity index is 2.04. The molecular formula is C11H13ClN2O2S3. The highest BCUT2D eigenvalue weighted by molar-refractivity contribution is 7.91. The lowest BCUT2D eigenvalue weighted by Crippen LogP contribution is -2.21. The summed E-state index contributed by atoms with van der Waals surface area (Å²) in [6.07, 6.45) is 0. The molecule has 104 valence electrons. The maximum absolute atomic E-state index is 12.1. The zero-order valence-corrected chi connectivity index (χ0v) is 13.3. The van der Waals surface area contributed by atoms with E-state index in [1.165, 1.54) is 22.7 Å². The van der Waals surface area contributed by atoms with Gasteiger partial charge in [-0.1, -0.05) is 11.6 Å². The van der Waals surface area contributed by atoms with E-state index in [9.17, 15) is 8.42 Å². The second-order valence-corrected chi connectivity index (χ2v) is 8.54. The van der Waals surface area contributed by atoms with Gasteiger partial charge in [-0.15, -0.1) is 22.7 Å². The van der Waals surface area contributed by atoms with Gasteiger partial charge in [0.25, 0.3) is 0 Å². The number of hydrogen-bond donors (Lipinski definition) is 2. The molecule has 2 N–H and O–H groups in total. The summed E-state index contributed by atoms with van der Waals surface area (Å²) in [5.74, 6) is 0. The summed E-state index contributed by atoms with van der Waals surface area (Å²) in [6.45, 7) is 0.922. The Labute approximate surface area is 125 Å². The van der Waals surface area contributed by atoms with Gasteiger partial charge in [-0.2, -0.15) is 0 Å². The normalized spacial score (nSPS) is 11.9. The Morgan fingerprint density at radius 1 is 1.32 bits per heavy atom. The Morgan fingerprint density at radius 3 is 2.74 bits per heavy atom. The highest BCUT2D eigenvalue weighted by atomic mass is 35.5. The molecular weight excluding hydrogens is 324 g/mol. The number of nitrogens with one attached hydrogen (secondary N) is 2. The van der Waals surface area contributed by atoms with Crippen molar-refractivity contribution in [2.75, 3.05) is 7.05 Å². The third-order valence-electron chi connectivity index (χ3n) is 2.34. The first-order valence-corrected chi connectivity index (χ1v) is 9.03. The third-order valence-corrected chi connectivity index (χ3v) is 6.46. The summed E-state index contributed by atoms with van der Waals surface area (Å²) in [6, 6.07) is 5.26. The van der Waals surface area contributed by atoms with E-state index in [0.717, 1.165) is 10.4 Å². The molecule has 8 heteroatoms. The van der Waals surface area contributed by atoms with E-state index in [1.54, 1.807) is 12.1 Å². The zero-order valence-electron chi connectivity index (χ0n) is 10.1. The molecule has 0 saturated carbocycles. The topological polar surface area (TPSA) is 58.2 Å². The molecule has 0 atom stereocenters. The van der Waals surface area contributed by atoms with Gasteiger partial charge < -0.3 is 5.32 Å². The van der Waals surface area contributed by atoms with Gasteiger partial charge >= 0.3 is 0 Å². The molecule has 0 amide bonds. The van der Waals surface area contributed by atoms with Crippen LogP contribution in [0, 0.1) is 0 Å². The van der Waals surface area contributed by atoms with E-state index in [4.69, 9.17) is 11.6 Å². The summed E-state index contributed by atoms with van der Waals surface area (Å²) < 4.78 is 27.7. The number of sulfonamides is 1. The lowest BCUT2D eigenvalue weighted by molar-refractivity contribution is 0.584. The van der Waals surface area contributed by atoms with E-state index >= 15 is 0 Å². The minimum atomic E-state index is -3.44. The van der Waals surface area contributed by atoms with Crippen LogP contribution in [0.1, 0.15) is 10.4 Å².